The molecule has 10 heterocycles. The number of aromatic carboxylic acids is 2. The molecule has 9 atom stereocenters. The molecule has 3 saturated heterocycles. The van der Waals surface area contributed by atoms with E-state index in [1.54, 1.807) is 101 Å². The van der Waals surface area contributed by atoms with Gasteiger partial charge in [-0.15, -0.1) is 0 Å². The Balaban J connectivity index is 0.000000131. The zero-order valence-electron chi connectivity index (χ0n) is 68.9. The van der Waals surface area contributed by atoms with Crippen LogP contribution in [0, 0.1) is 41.0 Å². The molecule has 39 heteroatoms. The summed E-state index contributed by atoms with van der Waals surface area (Å²) in [5, 5.41) is 36.1. The molecule has 3 N–H and O–H groups in total. The Kier molecular flexibility index (Phi) is 28.0. The van der Waals surface area contributed by atoms with E-state index < -0.39 is 81.3 Å². The number of hydrogen-bond donors (Lipinski definition) is 3. The van der Waals surface area contributed by atoms with Crippen molar-refractivity contribution in [3.05, 3.63) is 223 Å². The first-order valence-electron chi connectivity index (χ1n) is 40.8. The maximum Gasteiger partial charge on any atom is 0.360 e. The van der Waals surface area contributed by atoms with Gasteiger partial charge in [-0.25, -0.2) is 56.7 Å². The molecule has 9 aliphatic rings. The molecule has 3 aromatic carbocycles. The molecule has 10 aromatic rings. The number of carbonyl (C=O) groups is 7. The molecule has 0 unspecified atom stereocenters. The van der Waals surface area contributed by atoms with Crippen molar-refractivity contribution in [1.29, 1.82) is 0 Å². The molecule has 672 valence electrons. The third-order valence-electron chi connectivity index (χ3n) is 22.6. The molecule has 3 aliphatic heterocycles. The number of carbonyl (C=O) groups excluding carboxylic acids is 5. The lowest BCUT2D eigenvalue weighted by molar-refractivity contribution is -0.129. The number of fused-ring (bicyclic) bond motifs is 6. The average molecular weight is 2010 g/mol. The van der Waals surface area contributed by atoms with Gasteiger partial charge in [0.2, 0.25) is 17.7 Å². The number of amides is 3. The summed E-state index contributed by atoms with van der Waals surface area (Å²) in [7, 11) is 0. The fourth-order valence-corrected chi connectivity index (χ4v) is 18.8. The predicted octanol–water partition coefficient (Wildman–Crippen LogP) is 21.1. The summed E-state index contributed by atoms with van der Waals surface area (Å²) in [5.74, 6) is -5.50. The number of esters is 2. The average Bonchev–Trinajstić information content (AvgIpc) is 1.61. The van der Waals surface area contributed by atoms with E-state index in [4.69, 9.17) is 117 Å². The molecule has 0 spiro atoms. The summed E-state index contributed by atoms with van der Waals surface area (Å²) in [6.07, 6.45) is 14.7. The van der Waals surface area contributed by atoms with Gasteiger partial charge < -0.3 is 62.6 Å². The van der Waals surface area contributed by atoms with Crippen molar-refractivity contribution in [2.75, 3.05) is 9.80 Å². The molecular formula is C89H80Br2Cl6F4N10O17. The summed E-state index contributed by atoms with van der Waals surface area (Å²) >= 11 is 44.5. The Morgan fingerprint density at radius 1 is 0.453 bits per heavy atom. The minimum absolute atomic E-state index is 0.0448. The summed E-state index contributed by atoms with van der Waals surface area (Å²) in [4.78, 5) is 101. The van der Waals surface area contributed by atoms with Gasteiger partial charge in [-0.1, -0.05) is 103 Å². The van der Waals surface area contributed by atoms with Crippen LogP contribution in [0.4, 0.5) is 28.9 Å². The van der Waals surface area contributed by atoms with Gasteiger partial charge in [-0.2, -0.15) is 0 Å². The van der Waals surface area contributed by atoms with Crippen LogP contribution in [0.1, 0.15) is 212 Å². The van der Waals surface area contributed by atoms with Gasteiger partial charge in [-0.3, -0.25) is 14.4 Å². The fraction of sp³-hybridized carbons (Fsp3) is 0.393. The van der Waals surface area contributed by atoms with Crippen LogP contribution in [-0.2, 0) is 57.9 Å². The fourth-order valence-electron chi connectivity index (χ4n) is 16.5. The van der Waals surface area contributed by atoms with Crippen LogP contribution in [0.2, 0.25) is 30.1 Å². The number of benzene rings is 3. The standard InChI is InChI=1S/C29H28Cl2FN3O5.C25H20Cl2FN3O5.C19H18Cl2N2O3.C10H11BrFNO2.C6H3BrFNO2/c1-29(2,3)39-28(37)25-21(32)10-16(12-33-25)35-15-9-17(27(35)36)22(11-15)38-13-18-24(34-40-26(18)14-7-8-14)23-19(30)5-4-6-20(23)31;26-16-2-1-3-17(27)20(16)21-15(23(36-30-21)11-4-5-11)10-35-19-8-12-6-14(19)24(32)31(12)13-7-18(28)22(25(33)34)29-9-13;20-13-2-1-3-14(21)16(13)17-12(18(26-23-17)9-4-5-9)8-25-15-7-10-6-11(15)19(24)22-10;1-10(2,3)15-9(14)8-7(12)4-6(11)5-13-8;7-3-1-4(8)5(6(10)11)9-2-3/h4-6,10,12,14-15,17,22H,7-9,11,13H2,1-3H3;1-3,7,9,11-12,14,19H,4-6,8,10H2,(H,33,34);1-3,9-11,15H,4-8H2,(H,22,24);4-5H,1-3H3;1-2H,(H,10,11)/t15-,17+,22+;12-,14+,19+;10-,11+,15+;;/m000../s1. The molecule has 3 amide bonds. The Morgan fingerprint density at radius 3 is 1.05 bits per heavy atom. The number of pyridine rings is 4. The second kappa shape index (κ2) is 38.5. The maximum absolute atomic E-state index is 14.8. The number of carboxylic acids is 2. The summed E-state index contributed by atoms with van der Waals surface area (Å²) in [6.45, 7) is 11.0. The Hall–Kier alpha value is -9.52. The number of rotatable bonds is 21. The van der Waals surface area contributed by atoms with Crippen LogP contribution in [-0.4, -0.2) is 135 Å². The van der Waals surface area contributed by atoms with E-state index in [2.05, 4.69) is 72.6 Å². The van der Waals surface area contributed by atoms with E-state index in [1.165, 1.54) is 41.8 Å². The van der Waals surface area contributed by atoms with Crippen LogP contribution in [0.5, 0.6) is 0 Å². The van der Waals surface area contributed by atoms with Gasteiger partial charge in [0.1, 0.15) is 45.6 Å². The van der Waals surface area contributed by atoms with Crippen molar-refractivity contribution in [2.24, 2.45) is 17.8 Å². The molecule has 6 aliphatic carbocycles. The highest BCUT2D eigenvalue weighted by Crippen LogP contribution is 2.52. The van der Waals surface area contributed by atoms with Crippen LogP contribution < -0.4 is 15.1 Å². The van der Waals surface area contributed by atoms with Crippen LogP contribution >= 0.6 is 101 Å². The highest BCUT2D eigenvalue weighted by Gasteiger charge is 2.55. The number of aromatic nitrogens is 7. The zero-order valence-corrected chi connectivity index (χ0v) is 76.6. The van der Waals surface area contributed by atoms with Gasteiger partial charge in [0, 0.05) is 103 Å². The first-order valence-corrected chi connectivity index (χ1v) is 44.7. The molecule has 128 heavy (non-hydrogen) atoms. The van der Waals surface area contributed by atoms with Crippen molar-refractivity contribution in [3.63, 3.8) is 0 Å². The molecule has 9 fully saturated rings. The highest BCUT2D eigenvalue weighted by molar-refractivity contribution is 9.10. The van der Waals surface area contributed by atoms with Crippen LogP contribution in [0.3, 0.4) is 0 Å². The predicted molar refractivity (Wildman–Crippen MR) is 467 cm³/mol. The topological polar surface area (TPSA) is 354 Å². The number of piperidine rings is 3. The quantitative estimate of drug-likeness (QED) is 0.0444. The van der Waals surface area contributed by atoms with Crippen molar-refractivity contribution in [1.82, 2.24) is 40.7 Å². The molecule has 27 nitrogen and oxygen atoms in total. The van der Waals surface area contributed by atoms with Gasteiger partial charge in [0.05, 0.1) is 110 Å². The smallest absolute Gasteiger partial charge is 0.360 e. The Morgan fingerprint density at radius 2 is 0.766 bits per heavy atom. The Labute approximate surface area is 776 Å². The van der Waals surface area contributed by atoms with E-state index in [-0.39, 0.29) is 102 Å². The monoisotopic (exact) mass is 2000 g/mol. The van der Waals surface area contributed by atoms with Gasteiger partial charge in [-0.05, 0) is 199 Å². The first-order chi connectivity index (χ1) is 60.9. The number of ether oxygens (including phenoxy) is 5. The first kappa shape index (κ1) is 93.2. The van der Waals surface area contributed by atoms with E-state index >= 15 is 0 Å². The van der Waals surface area contributed by atoms with Gasteiger partial charge in [0.25, 0.3) is 0 Å². The van der Waals surface area contributed by atoms with Crippen molar-refractivity contribution >= 4 is 154 Å². The highest BCUT2D eigenvalue weighted by atomic mass is 79.9. The largest absolute Gasteiger partial charge is 0.476 e. The zero-order chi connectivity index (χ0) is 91.4. The van der Waals surface area contributed by atoms with Crippen molar-refractivity contribution in [2.45, 2.75) is 204 Å². The molecule has 19 rings (SSSR count). The Bertz CT molecular complexity index is 5950. The van der Waals surface area contributed by atoms with E-state index in [0.29, 0.717) is 117 Å². The number of anilines is 2. The van der Waals surface area contributed by atoms with E-state index in [9.17, 15) is 51.1 Å². The van der Waals surface area contributed by atoms with Crippen molar-refractivity contribution < 1.29 is 98.6 Å². The third kappa shape index (κ3) is 20.8. The molecule has 7 aromatic heterocycles. The number of hydrogen-bond acceptors (Lipinski definition) is 22. The van der Waals surface area contributed by atoms with Crippen LogP contribution in [0.25, 0.3) is 33.8 Å². The number of halogens is 12. The van der Waals surface area contributed by atoms with E-state index in [1.807, 2.05) is 0 Å². The minimum atomic E-state index is -1.46. The number of nitrogens with zero attached hydrogens (tertiary/aromatic N) is 9. The molecule has 6 bridgehead atoms. The lowest BCUT2D eigenvalue weighted by atomic mass is 10.0. The SMILES string of the molecule is CC(C)(C)OC(=O)c1ncc(Br)cc1F.CC(C)(C)OC(=O)c1ncc(N2C(=O)[C@@H]3C[C@H]2C[C@H]3OCc2c(-c3c(Cl)cccc3Cl)noc2C2CC2)cc1F.O=C(O)c1ncc(Br)cc1F.O=C(O)c1ncc(N2C(=O)[C@@H]3C[C@H]2C[C@H]3OCc2c(-c3c(Cl)cccc3Cl)noc2C2CC2)cc1F.O=C1N[C@@H]2C[C@@H](OCc3c(-c4c(Cl)cccc4Cl)noc3C3CC3)[C@H]1C2. The lowest BCUT2D eigenvalue weighted by Crippen LogP contribution is -2.43. The molecule has 6 saturated carbocycles. The normalized spacial score (nSPS) is 21.1. The van der Waals surface area contributed by atoms with Crippen molar-refractivity contribution in [3.8, 4) is 33.8 Å². The van der Waals surface area contributed by atoms with Crippen LogP contribution in [0.15, 0.2) is 126 Å². The number of nitrogens with one attached hydrogen (secondary N) is 1. The maximum atomic E-state index is 14.8. The van der Waals surface area contributed by atoms with E-state index in [0.717, 1.165) is 97.5 Å². The third-order valence-corrected chi connectivity index (χ3v) is 25.4. The second-order valence-electron chi connectivity index (χ2n) is 34.1. The molecule has 0 radical (unpaired) electrons. The van der Waals surface area contributed by atoms with Gasteiger partial charge in [0.15, 0.2) is 46.0 Å². The summed E-state index contributed by atoms with van der Waals surface area (Å²) in [6, 6.07) is 20.2. The minimum Gasteiger partial charge on any atom is -0.476 e. The molecular weight excluding hydrogens is 1930 g/mol. The lowest BCUT2D eigenvalue weighted by Gasteiger charge is -2.31. The summed E-state index contributed by atoms with van der Waals surface area (Å²) < 4.78 is 102. The second-order valence-corrected chi connectivity index (χ2v) is 38.4. The summed E-state index contributed by atoms with van der Waals surface area (Å²) in [5.41, 5.74) is 3.28. The van der Waals surface area contributed by atoms with Gasteiger partial charge >= 0.3 is 23.9 Å². The number of carboxylic acid groups (broad SMARTS) is 2.